The average Bonchev–Trinajstić information content (AvgIpc) is 2.61. The summed E-state index contributed by atoms with van der Waals surface area (Å²) in [6.07, 6.45) is -1.95. The molecule has 2 aromatic rings. The number of aromatic hydroxyl groups is 1. The van der Waals surface area contributed by atoms with E-state index in [2.05, 4.69) is 21.2 Å². The van der Waals surface area contributed by atoms with E-state index in [-0.39, 0.29) is 18.8 Å². The van der Waals surface area contributed by atoms with Crippen molar-refractivity contribution in [2.45, 2.75) is 18.6 Å². The van der Waals surface area contributed by atoms with Crippen LogP contribution >= 0.6 is 15.9 Å². The zero-order valence-corrected chi connectivity index (χ0v) is 15.3. The predicted molar refractivity (Wildman–Crippen MR) is 97.6 cm³/mol. The van der Waals surface area contributed by atoms with Crippen LogP contribution < -0.4 is 5.32 Å². The molecule has 0 bridgehead atoms. The summed E-state index contributed by atoms with van der Waals surface area (Å²) in [5.74, 6) is -0.0271. The third-order valence-electron chi connectivity index (χ3n) is 3.60. The molecule has 0 spiro atoms. The largest absolute Gasteiger partial charge is 0.508 e. The molecule has 0 aliphatic heterocycles. The topological polar surface area (TPSA) is 88.0 Å². The van der Waals surface area contributed by atoms with Gasteiger partial charge in [-0.1, -0.05) is 34.1 Å². The van der Waals surface area contributed by atoms with Crippen LogP contribution in [0.5, 0.6) is 5.75 Å². The van der Waals surface area contributed by atoms with Gasteiger partial charge >= 0.3 is 6.09 Å². The maximum Gasteiger partial charge on any atom is 0.412 e. The standard InChI is InChI=1S/C18H20BrNO5/c1-24-16(9-10-21)17(14-11-12(19)7-8-15(14)22)25-18(23)20-13-5-3-2-4-6-13/h2-8,11,16-17,21-22H,9-10H2,1H3,(H,20,23)/t16-,17-/m0/s1. The highest BCUT2D eigenvalue weighted by Crippen LogP contribution is 2.34. The fraction of sp³-hybridized carbons (Fsp3) is 0.278. The first-order valence-corrected chi connectivity index (χ1v) is 8.49. The van der Waals surface area contributed by atoms with Gasteiger partial charge in [0.2, 0.25) is 0 Å². The van der Waals surface area contributed by atoms with Gasteiger partial charge in [-0.25, -0.2) is 4.79 Å². The fourth-order valence-corrected chi connectivity index (χ4v) is 2.78. The van der Waals surface area contributed by atoms with E-state index in [9.17, 15) is 15.0 Å². The molecular weight excluding hydrogens is 390 g/mol. The second kappa shape index (κ2) is 9.41. The summed E-state index contributed by atoms with van der Waals surface area (Å²) in [6.45, 7) is -0.145. The molecule has 0 radical (unpaired) electrons. The number of carbonyl (C=O) groups is 1. The number of benzene rings is 2. The smallest absolute Gasteiger partial charge is 0.412 e. The Balaban J connectivity index is 2.25. The zero-order chi connectivity index (χ0) is 18.2. The number of aliphatic hydroxyl groups excluding tert-OH is 1. The van der Waals surface area contributed by atoms with Crippen LogP contribution in [0.4, 0.5) is 10.5 Å². The summed E-state index contributed by atoms with van der Waals surface area (Å²) in [5, 5.41) is 22.0. The van der Waals surface area contributed by atoms with Gasteiger partial charge in [0.15, 0.2) is 6.10 Å². The van der Waals surface area contributed by atoms with Crippen molar-refractivity contribution < 1.29 is 24.5 Å². The Morgan fingerprint density at radius 2 is 1.96 bits per heavy atom. The van der Waals surface area contributed by atoms with Gasteiger partial charge in [0.25, 0.3) is 0 Å². The van der Waals surface area contributed by atoms with Gasteiger partial charge in [0.05, 0.1) is 0 Å². The van der Waals surface area contributed by atoms with Crippen LogP contribution in [0.25, 0.3) is 0 Å². The molecule has 2 rings (SSSR count). The molecule has 0 aliphatic carbocycles. The van der Waals surface area contributed by atoms with Crippen molar-refractivity contribution in [1.29, 1.82) is 0 Å². The first-order chi connectivity index (χ1) is 12.0. The number of carbonyl (C=O) groups excluding carboxylic acids is 1. The summed E-state index contributed by atoms with van der Waals surface area (Å²) in [5.41, 5.74) is 0.971. The molecule has 0 saturated heterocycles. The van der Waals surface area contributed by atoms with Gasteiger partial charge in [-0.2, -0.15) is 0 Å². The second-order valence-corrected chi connectivity index (χ2v) is 6.22. The van der Waals surface area contributed by atoms with Crippen LogP contribution in [-0.4, -0.2) is 36.1 Å². The third-order valence-corrected chi connectivity index (χ3v) is 4.10. The quantitative estimate of drug-likeness (QED) is 0.646. The lowest BCUT2D eigenvalue weighted by atomic mass is 10.0. The number of phenolic OH excluding ortho intramolecular Hbond substituents is 1. The Kier molecular flexibility index (Phi) is 7.24. The third kappa shape index (κ3) is 5.45. The lowest BCUT2D eigenvalue weighted by Crippen LogP contribution is -2.29. The number of nitrogens with one attached hydrogen (secondary N) is 1. The van der Waals surface area contributed by atoms with Gasteiger partial charge < -0.3 is 19.7 Å². The number of phenols is 1. The maximum absolute atomic E-state index is 12.3. The van der Waals surface area contributed by atoms with Crippen molar-refractivity contribution in [3.8, 4) is 5.75 Å². The highest BCUT2D eigenvalue weighted by molar-refractivity contribution is 9.10. The number of ether oxygens (including phenoxy) is 2. The van der Waals surface area contributed by atoms with Gasteiger partial charge in [-0.3, -0.25) is 5.32 Å². The van der Waals surface area contributed by atoms with Gasteiger partial charge in [0, 0.05) is 35.9 Å². The van der Waals surface area contributed by atoms with E-state index in [1.165, 1.54) is 13.2 Å². The normalized spacial score (nSPS) is 13.1. The molecule has 7 heteroatoms. The highest BCUT2D eigenvalue weighted by atomic mass is 79.9. The number of halogens is 1. The molecule has 0 fully saturated rings. The fourth-order valence-electron chi connectivity index (χ4n) is 2.40. The molecule has 0 saturated carbocycles. The summed E-state index contributed by atoms with van der Waals surface area (Å²) in [7, 11) is 1.46. The minimum Gasteiger partial charge on any atom is -0.508 e. The van der Waals surface area contributed by atoms with Crippen molar-refractivity contribution in [1.82, 2.24) is 0 Å². The molecule has 1 amide bonds. The summed E-state index contributed by atoms with van der Waals surface area (Å²) >= 11 is 3.34. The lowest BCUT2D eigenvalue weighted by Gasteiger charge is -2.26. The Bertz CT molecular complexity index is 695. The van der Waals surface area contributed by atoms with E-state index in [0.717, 1.165) is 4.47 Å². The summed E-state index contributed by atoms with van der Waals surface area (Å²) < 4.78 is 11.6. The number of hydrogen-bond acceptors (Lipinski definition) is 5. The predicted octanol–water partition coefficient (Wildman–Crippen LogP) is 3.84. The van der Waals surface area contributed by atoms with E-state index in [1.807, 2.05) is 6.07 Å². The lowest BCUT2D eigenvalue weighted by molar-refractivity contribution is -0.0314. The highest BCUT2D eigenvalue weighted by Gasteiger charge is 2.29. The molecule has 0 unspecified atom stereocenters. The van der Waals surface area contributed by atoms with E-state index >= 15 is 0 Å². The van der Waals surface area contributed by atoms with E-state index in [4.69, 9.17) is 9.47 Å². The number of anilines is 1. The van der Waals surface area contributed by atoms with Crippen molar-refractivity contribution >= 4 is 27.7 Å². The zero-order valence-electron chi connectivity index (χ0n) is 13.7. The summed E-state index contributed by atoms with van der Waals surface area (Å²) in [4.78, 5) is 12.3. The van der Waals surface area contributed by atoms with Crippen molar-refractivity contribution in [3.63, 3.8) is 0 Å². The van der Waals surface area contributed by atoms with Crippen molar-refractivity contribution in [2.75, 3.05) is 19.0 Å². The number of methoxy groups -OCH3 is 1. The van der Waals surface area contributed by atoms with Crippen LogP contribution in [0.2, 0.25) is 0 Å². The molecule has 2 atom stereocenters. The Labute approximate surface area is 154 Å². The molecule has 0 aromatic heterocycles. The maximum atomic E-state index is 12.3. The number of aliphatic hydroxyl groups is 1. The molecular formula is C18H20BrNO5. The minimum absolute atomic E-state index is 0.0271. The number of amides is 1. The van der Waals surface area contributed by atoms with Crippen molar-refractivity contribution in [3.05, 3.63) is 58.6 Å². The van der Waals surface area contributed by atoms with Gasteiger partial charge in [-0.05, 0) is 30.3 Å². The van der Waals surface area contributed by atoms with Gasteiger partial charge in [0.1, 0.15) is 11.9 Å². The Morgan fingerprint density at radius 3 is 2.60 bits per heavy atom. The average molecular weight is 410 g/mol. The number of hydrogen-bond donors (Lipinski definition) is 3. The van der Waals surface area contributed by atoms with E-state index in [1.54, 1.807) is 36.4 Å². The van der Waals surface area contributed by atoms with E-state index < -0.39 is 18.3 Å². The van der Waals surface area contributed by atoms with Crippen molar-refractivity contribution in [2.24, 2.45) is 0 Å². The monoisotopic (exact) mass is 409 g/mol. The number of para-hydroxylation sites is 1. The molecule has 0 aliphatic rings. The first-order valence-electron chi connectivity index (χ1n) is 7.70. The first kappa shape index (κ1) is 19.2. The Hall–Kier alpha value is -2.09. The minimum atomic E-state index is -0.890. The van der Waals surface area contributed by atoms with Crippen LogP contribution in [0.1, 0.15) is 18.1 Å². The Morgan fingerprint density at radius 1 is 1.24 bits per heavy atom. The van der Waals surface area contributed by atoms with Crippen LogP contribution in [0.15, 0.2) is 53.0 Å². The summed E-state index contributed by atoms with van der Waals surface area (Å²) in [6, 6.07) is 13.7. The van der Waals surface area contributed by atoms with Crippen LogP contribution in [0.3, 0.4) is 0 Å². The molecule has 6 nitrogen and oxygen atoms in total. The van der Waals surface area contributed by atoms with Crippen LogP contribution in [0, 0.1) is 0 Å². The van der Waals surface area contributed by atoms with Crippen LogP contribution in [-0.2, 0) is 9.47 Å². The second-order valence-electron chi connectivity index (χ2n) is 5.31. The van der Waals surface area contributed by atoms with E-state index in [0.29, 0.717) is 11.3 Å². The molecule has 3 N–H and O–H groups in total. The molecule has 0 heterocycles. The number of rotatable bonds is 7. The molecule has 2 aromatic carbocycles. The SMILES string of the molecule is CO[C@@H](CCO)[C@@H](OC(=O)Nc1ccccc1)c1cc(Br)ccc1O. The van der Waals surface area contributed by atoms with Gasteiger partial charge in [-0.15, -0.1) is 0 Å². The molecule has 25 heavy (non-hydrogen) atoms. The molecule has 134 valence electrons.